The van der Waals surface area contributed by atoms with Gasteiger partial charge < -0.3 is 5.32 Å². The molecule has 4 nitrogen and oxygen atoms in total. The Morgan fingerprint density at radius 2 is 2.27 bits per heavy atom. The maximum atomic E-state index is 13.3. The van der Waals surface area contributed by atoms with Crippen LogP contribution >= 0.6 is 11.6 Å². The van der Waals surface area contributed by atoms with Gasteiger partial charge in [0.1, 0.15) is 0 Å². The van der Waals surface area contributed by atoms with E-state index in [0.717, 1.165) is 0 Å². The fourth-order valence-electron chi connectivity index (χ4n) is 1.13. The highest BCUT2D eigenvalue weighted by Gasteiger charge is 2.05. The SMILES string of the molecule is Cn1cc(Nc2ncc(Cl)cc2F)cn1. The average Bonchev–Trinajstić information content (AvgIpc) is 2.56. The van der Waals surface area contributed by atoms with E-state index < -0.39 is 5.82 Å². The van der Waals surface area contributed by atoms with E-state index in [1.807, 2.05) is 0 Å². The second-order valence-electron chi connectivity index (χ2n) is 3.01. The van der Waals surface area contributed by atoms with Gasteiger partial charge in [-0.25, -0.2) is 9.37 Å². The van der Waals surface area contributed by atoms with Gasteiger partial charge in [-0.05, 0) is 6.07 Å². The van der Waals surface area contributed by atoms with Crippen molar-refractivity contribution >= 4 is 23.1 Å². The van der Waals surface area contributed by atoms with Gasteiger partial charge in [0, 0.05) is 19.4 Å². The van der Waals surface area contributed by atoms with Crippen LogP contribution in [-0.2, 0) is 7.05 Å². The highest BCUT2D eigenvalue weighted by atomic mass is 35.5. The Morgan fingerprint density at radius 3 is 2.87 bits per heavy atom. The highest BCUT2D eigenvalue weighted by molar-refractivity contribution is 6.30. The lowest BCUT2D eigenvalue weighted by Gasteiger charge is -2.03. The molecule has 2 aromatic rings. The Morgan fingerprint density at radius 1 is 1.47 bits per heavy atom. The van der Waals surface area contributed by atoms with E-state index in [1.54, 1.807) is 24.1 Å². The number of halogens is 2. The van der Waals surface area contributed by atoms with Gasteiger partial charge in [0.2, 0.25) is 0 Å². The maximum Gasteiger partial charge on any atom is 0.167 e. The van der Waals surface area contributed by atoms with Gasteiger partial charge in [-0.2, -0.15) is 5.10 Å². The Balaban J connectivity index is 2.24. The van der Waals surface area contributed by atoms with Crippen molar-refractivity contribution in [2.75, 3.05) is 5.32 Å². The van der Waals surface area contributed by atoms with Gasteiger partial charge in [0.25, 0.3) is 0 Å². The number of aromatic nitrogens is 3. The molecule has 2 rings (SSSR count). The van der Waals surface area contributed by atoms with Gasteiger partial charge in [0.15, 0.2) is 11.6 Å². The van der Waals surface area contributed by atoms with Crippen LogP contribution in [0.25, 0.3) is 0 Å². The van der Waals surface area contributed by atoms with Crippen LogP contribution in [0.5, 0.6) is 0 Å². The van der Waals surface area contributed by atoms with Crippen LogP contribution in [0.15, 0.2) is 24.7 Å². The standard InChI is InChI=1S/C9H8ClFN4/c1-15-5-7(4-13-15)14-9-8(11)2-6(10)3-12-9/h2-5H,1H3,(H,12,14). The van der Waals surface area contributed by atoms with Gasteiger partial charge in [-0.3, -0.25) is 4.68 Å². The molecule has 0 aliphatic carbocycles. The van der Waals surface area contributed by atoms with E-state index in [0.29, 0.717) is 5.69 Å². The molecular weight excluding hydrogens is 219 g/mol. The van der Waals surface area contributed by atoms with E-state index in [4.69, 9.17) is 11.6 Å². The molecule has 0 aliphatic heterocycles. The largest absolute Gasteiger partial charge is 0.335 e. The summed E-state index contributed by atoms with van der Waals surface area (Å²) in [4.78, 5) is 3.83. The second-order valence-corrected chi connectivity index (χ2v) is 3.45. The fraction of sp³-hybridized carbons (Fsp3) is 0.111. The van der Waals surface area contributed by atoms with Crippen molar-refractivity contribution in [3.05, 3.63) is 35.5 Å². The Hall–Kier alpha value is -1.62. The summed E-state index contributed by atoms with van der Waals surface area (Å²) >= 11 is 5.58. The number of rotatable bonds is 2. The van der Waals surface area contributed by atoms with Gasteiger partial charge in [0.05, 0.1) is 16.9 Å². The molecule has 0 unspecified atom stereocenters. The quantitative estimate of drug-likeness (QED) is 0.855. The molecule has 78 valence electrons. The molecule has 0 saturated carbocycles. The smallest absolute Gasteiger partial charge is 0.167 e. The summed E-state index contributed by atoms with van der Waals surface area (Å²) in [7, 11) is 1.77. The third-order valence-electron chi connectivity index (χ3n) is 1.78. The first-order chi connectivity index (χ1) is 7.15. The summed E-state index contributed by atoms with van der Waals surface area (Å²) in [6.45, 7) is 0. The van der Waals surface area contributed by atoms with Crippen LogP contribution < -0.4 is 5.32 Å². The van der Waals surface area contributed by atoms with E-state index in [1.165, 1.54) is 12.3 Å². The highest BCUT2D eigenvalue weighted by Crippen LogP contribution is 2.19. The molecule has 0 bridgehead atoms. The molecule has 15 heavy (non-hydrogen) atoms. The van der Waals surface area contributed by atoms with Crippen LogP contribution in [0.4, 0.5) is 15.9 Å². The van der Waals surface area contributed by atoms with Crippen molar-refractivity contribution in [2.45, 2.75) is 0 Å². The maximum absolute atomic E-state index is 13.3. The zero-order chi connectivity index (χ0) is 10.8. The number of pyridine rings is 1. The molecule has 0 saturated heterocycles. The number of nitrogens with one attached hydrogen (secondary N) is 1. The topological polar surface area (TPSA) is 42.7 Å². The minimum Gasteiger partial charge on any atom is -0.335 e. The minimum atomic E-state index is -0.494. The van der Waals surface area contributed by atoms with Crippen molar-refractivity contribution < 1.29 is 4.39 Å². The number of aryl methyl sites for hydroxylation is 1. The molecule has 2 heterocycles. The minimum absolute atomic E-state index is 0.132. The van der Waals surface area contributed by atoms with Crippen LogP contribution in [0.3, 0.4) is 0 Å². The summed E-state index contributed by atoms with van der Waals surface area (Å²) in [5, 5.41) is 7.00. The summed E-state index contributed by atoms with van der Waals surface area (Å²) < 4.78 is 14.9. The Labute approximate surface area is 90.7 Å². The number of hydrogen-bond donors (Lipinski definition) is 1. The van der Waals surface area contributed by atoms with Crippen molar-refractivity contribution in [1.29, 1.82) is 0 Å². The van der Waals surface area contributed by atoms with E-state index in [2.05, 4.69) is 15.4 Å². The molecular formula is C9H8ClFN4. The Bertz CT molecular complexity index is 483. The van der Waals surface area contributed by atoms with Crippen LogP contribution in [0.1, 0.15) is 0 Å². The molecule has 6 heteroatoms. The van der Waals surface area contributed by atoms with Gasteiger partial charge >= 0.3 is 0 Å². The van der Waals surface area contributed by atoms with Crippen molar-refractivity contribution in [3.63, 3.8) is 0 Å². The van der Waals surface area contributed by atoms with E-state index >= 15 is 0 Å². The molecule has 0 atom stereocenters. The van der Waals surface area contributed by atoms with E-state index in [9.17, 15) is 4.39 Å². The molecule has 0 radical (unpaired) electrons. The van der Waals surface area contributed by atoms with E-state index in [-0.39, 0.29) is 10.8 Å². The zero-order valence-corrected chi connectivity index (χ0v) is 8.66. The van der Waals surface area contributed by atoms with Gasteiger partial charge in [-0.1, -0.05) is 11.6 Å². The molecule has 1 N–H and O–H groups in total. The predicted molar refractivity (Wildman–Crippen MR) is 55.7 cm³/mol. The lowest BCUT2D eigenvalue weighted by atomic mass is 10.4. The normalized spacial score (nSPS) is 10.3. The second kappa shape index (κ2) is 3.86. The van der Waals surface area contributed by atoms with Crippen LogP contribution in [0, 0.1) is 5.82 Å². The number of nitrogens with zero attached hydrogens (tertiary/aromatic N) is 3. The number of anilines is 2. The molecule has 0 aliphatic rings. The first kappa shape index (κ1) is 9.92. The lowest BCUT2D eigenvalue weighted by Crippen LogP contribution is -1.95. The van der Waals surface area contributed by atoms with Crippen molar-refractivity contribution in [3.8, 4) is 0 Å². The fourth-order valence-corrected chi connectivity index (χ4v) is 1.27. The lowest BCUT2D eigenvalue weighted by molar-refractivity contribution is 0.626. The molecule has 0 aromatic carbocycles. The van der Waals surface area contributed by atoms with Crippen molar-refractivity contribution in [1.82, 2.24) is 14.8 Å². The summed E-state index contributed by atoms with van der Waals surface area (Å²) in [6, 6.07) is 1.20. The predicted octanol–water partition coefficient (Wildman–Crippen LogP) is 2.35. The van der Waals surface area contributed by atoms with Gasteiger partial charge in [-0.15, -0.1) is 0 Å². The van der Waals surface area contributed by atoms with Crippen molar-refractivity contribution in [2.24, 2.45) is 7.05 Å². The third kappa shape index (κ3) is 2.24. The molecule has 2 aromatic heterocycles. The average molecular weight is 227 g/mol. The summed E-state index contributed by atoms with van der Waals surface area (Å²) in [5.41, 5.74) is 0.672. The first-order valence-corrected chi connectivity index (χ1v) is 4.59. The molecule has 0 spiro atoms. The summed E-state index contributed by atoms with van der Waals surface area (Å²) in [5.74, 6) is -0.362. The first-order valence-electron chi connectivity index (χ1n) is 4.22. The monoisotopic (exact) mass is 226 g/mol. The third-order valence-corrected chi connectivity index (χ3v) is 1.98. The number of hydrogen-bond acceptors (Lipinski definition) is 3. The Kier molecular flexibility index (Phi) is 2.55. The van der Waals surface area contributed by atoms with Crippen LogP contribution in [0.2, 0.25) is 5.02 Å². The summed E-state index contributed by atoms with van der Waals surface area (Å²) in [6.07, 6.45) is 4.68. The molecule has 0 fully saturated rings. The van der Waals surface area contributed by atoms with Crippen LogP contribution in [-0.4, -0.2) is 14.8 Å². The zero-order valence-electron chi connectivity index (χ0n) is 7.91. The molecule has 0 amide bonds.